The molecule has 1 aliphatic rings. The molecule has 8 heteroatoms. The number of rotatable bonds is 8. The van der Waals surface area contributed by atoms with E-state index in [0.29, 0.717) is 28.0 Å². The number of aromatic nitrogens is 2. The van der Waals surface area contributed by atoms with Crippen molar-refractivity contribution in [3.63, 3.8) is 0 Å². The van der Waals surface area contributed by atoms with E-state index in [1.807, 2.05) is 68.4 Å². The largest absolute Gasteiger partial charge is 0.481 e. The molecule has 0 bridgehead atoms. The van der Waals surface area contributed by atoms with Crippen molar-refractivity contribution in [2.45, 2.75) is 64.4 Å². The van der Waals surface area contributed by atoms with Crippen LogP contribution in [0.5, 0.6) is 0 Å². The van der Waals surface area contributed by atoms with Crippen LogP contribution in [-0.2, 0) is 11.2 Å². The molecule has 186 valence electrons. The second kappa shape index (κ2) is 13.1. The molecule has 1 aliphatic carbocycles. The van der Waals surface area contributed by atoms with Crippen LogP contribution < -0.4 is 5.32 Å². The minimum atomic E-state index is -0.719. The third-order valence-electron chi connectivity index (χ3n) is 6.19. The van der Waals surface area contributed by atoms with Crippen LogP contribution in [0.2, 0.25) is 0 Å². The molecule has 35 heavy (non-hydrogen) atoms. The van der Waals surface area contributed by atoms with Gasteiger partial charge in [0.15, 0.2) is 0 Å². The van der Waals surface area contributed by atoms with Gasteiger partial charge in [0.25, 0.3) is 5.91 Å². The molecule has 3 aromatic rings. The molecule has 1 heterocycles. The minimum Gasteiger partial charge on any atom is -0.481 e. The van der Waals surface area contributed by atoms with Crippen molar-refractivity contribution < 1.29 is 19.8 Å². The summed E-state index contributed by atoms with van der Waals surface area (Å²) in [6.45, 7) is 4.00. The van der Waals surface area contributed by atoms with Crippen LogP contribution in [0.15, 0.2) is 54.6 Å². The molecule has 1 aromatic heterocycles. The molecule has 3 N–H and O–H groups in total. The van der Waals surface area contributed by atoms with Gasteiger partial charge in [-0.25, -0.2) is 0 Å². The molecule has 0 spiro atoms. The SMILES string of the molecule is CC.O=C(O)CC1CCC(c2ccc(C(=O)Nc3nnc(CC(O)c4ccccc4)s3)cc2)CC1. The van der Waals surface area contributed by atoms with Crippen LogP contribution in [0.1, 0.15) is 84.5 Å². The molecule has 1 fully saturated rings. The number of aliphatic hydroxyl groups excluding tert-OH is 1. The highest BCUT2D eigenvalue weighted by Gasteiger charge is 2.24. The maximum atomic E-state index is 12.6. The monoisotopic (exact) mass is 495 g/mol. The summed E-state index contributed by atoms with van der Waals surface area (Å²) < 4.78 is 0. The summed E-state index contributed by atoms with van der Waals surface area (Å²) in [5, 5.41) is 31.3. The van der Waals surface area contributed by atoms with E-state index in [-0.39, 0.29) is 18.2 Å². The van der Waals surface area contributed by atoms with Gasteiger partial charge in [-0.05, 0) is 60.8 Å². The van der Waals surface area contributed by atoms with Crippen LogP contribution in [0.25, 0.3) is 0 Å². The van der Waals surface area contributed by atoms with Crippen LogP contribution in [0, 0.1) is 5.92 Å². The van der Waals surface area contributed by atoms with Gasteiger partial charge in [0.2, 0.25) is 5.13 Å². The van der Waals surface area contributed by atoms with E-state index in [0.717, 1.165) is 31.2 Å². The molecule has 1 unspecified atom stereocenters. The number of nitrogens with zero attached hydrogens (tertiary/aromatic N) is 2. The first kappa shape index (κ1) is 26.5. The van der Waals surface area contributed by atoms with Gasteiger partial charge in [-0.2, -0.15) is 0 Å². The van der Waals surface area contributed by atoms with Crippen LogP contribution in [-0.4, -0.2) is 32.3 Å². The number of aliphatic hydroxyl groups is 1. The van der Waals surface area contributed by atoms with Crippen molar-refractivity contribution in [3.8, 4) is 0 Å². The van der Waals surface area contributed by atoms with Gasteiger partial charge in [-0.1, -0.05) is 67.6 Å². The molecular weight excluding hydrogens is 462 g/mol. The second-order valence-electron chi connectivity index (χ2n) is 8.52. The number of carboxylic acid groups (broad SMARTS) is 1. The third kappa shape index (κ3) is 7.70. The lowest BCUT2D eigenvalue weighted by Crippen LogP contribution is -2.16. The summed E-state index contributed by atoms with van der Waals surface area (Å²) in [7, 11) is 0. The number of carbonyl (C=O) groups excluding carboxylic acids is 1. The number of hydrogen-bond donors (Lipinski definition) is 3. The third-order valence-corrected chi connectivity index (χ3v) is 7.05. The predicted molar refractivity (Wildman–Crippen MR) is 138 cm³/mol. The summed E-state index contributed by atoms with van der Waals surface area (Å²) in [6.07, 6.45) is 3.73. The fraction of sp³-hybridized carbons (Fsp3) is 0.407. The quantitative estimate of drug-likeness (QED) is 0.362. The highest BCUT2D eigenvalue weighted by atomic mass is 32.1. The maximum Gasteiger partial charge on any atom is 0.303 e. The summed E-state index contributed by atoms with van der Waals surface area (Å²) in [5.74, 6) is -0.287. The van der Waals surface area contributed by atoms with E-state index in [9.17, 15) is 14.7 Å². The summed E-state index contributed by atoms with van der Waals surface area (Å²) >= 11 is 1.25. The Labute approximate surface area is 210 Å². The van der Waals surface area contributed by atoms with Crippen LogP contribution >= 0.6 is 11.3 Å². The van der Waals surface area contributed by atoms with Crippen molar-refractivity contribution in [2.75, 3.05) is 5.32 Å². The smallest absolute Gasteiger partial charge is 0.303 e. The zero-order valence-corrected chi connectivity index (χ0v) is 21.0. The molecule has 1 saturated carbocycles. The summed E-state index contributed by atoms with van der Waals surface area (Å²) in [6, 6.07) is 17.0. The Bertz CT molecular complexity index is 1080. The molecule has 7 nitrogen and oxygen atoms in total. The van der Waals surface area contributed by atoms with Gasteiger partial charge in [0.05, 0.1) is 6.10 Å². The van der Waals surface area contributed by atoms with E-state index in [2.05, 4.69) is 15.5 Å². The number of aliphatic carboxylic acids is 1. The highest BCUT2D eigenvalue weighted by Crippen LogP contribution is 2.37. The molecule has 4 rings (SSSR count). The Balaban J connectivity index is 0.00000167. The van der Waals surface area contributed by atoms with E-state index in [4.69, 9.17) is 5.11 Å². The summed E-state index contributed by atoms with van der Waals surface area (Å²) in [5.41, 5.74) is 2.54. The van der Waals surface area contributed by atoms with Gasteiger partial charge in [-0.15, -0.1) is 10.2 Å². The number of benzene rings is 2. The van der Waals surface area contributed by atoms with Gasteiger partial charge in [-0.3, -0.25) is 14.9 Å². The Morgan fingerprint density at radius 1 is 1.00 bits per heavy atom. The van der Waals surface area contributed by atoms with Gasteiger partial charge in [0, 0.05) is 18.4 Å². The molecule has 0 radical (unpaired) electrons. The lowest BCUT2D eigenvalue weighted by molar-refractivity contribution is -0.138. The fourth-order valence-electron chi connectivity index (χ4n) is 4.37. The van der Waals surface area contributed by atoms with Gasteiger partial charge in [0.1, 0.15) is 5.01 Å². The first-order valence-corrected chi connectivity index (χ1v) is 13.0. The molecule has 1 amide bonds. The lowest BCUT2D eigenvalue weighted by atomic mass is 9.77. The summed E-state index contributed by atoms with van der Waals surface area (Å²) in [4.78, 5) is 23.5. The van der Waals surface area contributed by atoms with Crippen molar-refractivity contribution in [1.82, 2.24) is 10.2 Å². The van der Waals surface area contributed by atoms with Crippen molar-refractivity contribution in [3.05, 3.63) is 76.3 Å². The van der Waals surface area contributed by atoms with Gasteiger partial charge < -0.3 is 10.2 Å². The highest BCUT2D eigenvalue weighted by molar-refractivity contribution is 7.15. The van der Waals surface area contributed by atoms with Crippen molar-refractivity contribution in [1.29, 1.82) is 0 Å². The fourth-order valence-corrected chi connectivity index (χ4v) is 5.14. The first-order valence-electron chi connectivity index (χ1n) is 12.2. The molecule has 2 aromatic carbocycles. The molecular formula is C27H33N3O4S. The van der Waals surface area contributed by atoms with E-state index in [1.165, 1.54) is 16.9 Å². The molecule has 0 aliphatic heterocycles. The molecule has 1 atom stereocenters. The van der Waals surface area contributed by atoms with E-state index in [1.54, 1.807) is 0 Å². The van der Waals surface area contributed by atoms with Crippen LogP contribution in [0.4, 0.5) is 5.13 Å². The standard InChI is InChI=1S/C25H27N3O4S.C2H6/c29-21(19-4-2-1-3-5-19)15-22-27-28-25(33-22)26-24(32)20-12-10-18(11-13-20)17-8-6-16(7-9-17)14-23(30)31;1-2/h1-5,10-13,16-17,21,29H,6-9,14-15H2,(H,30,31)(H,26,28,32);1-2H3. The average molecular weight is 496 g/mol. The van der Waals surface area contributed by atoms with E-state index < -0.39 is 12.1 Å². The number of hydrogen-bond acceptors (Lipinski definition) is 6. The Hall–Kier alpha value is -3.10. The van der Waals surface area contributed by atoms with Crippen molar-refractivity contribution >= 4 is 28.3 Å². The number of amides is 1. The lowest BCUT2D eigenvalue weighted by Gasteiger charge is -2.28. The molecule has 0 saturated heterocycles. The normalized spacial score (nSPS) is 18.1. The minimum absolute atomic E-state index is 0.252. The Morgan fingerprint density at radius 3 is 2.29 bits per heavy atom. The zero-order valence-electron chi connectivity index (χ0n) is 20.2. The Morgan fingerprint density at radius 2 is 1.66 bits per heavy atom. The number of carboxylic acids is 1. The van der Waals surface area contributed by atoms with Gasteiger partial charge >= 0.3 is 5.97 Å². The zero-order chi connectivity index (χ0) is 25.2. The Kier molecular flexibility index (Phi) is 9.93. The average Bonchev–Trinajstić information content (AvgIpc) is 3.32. The number of anilines is 1. The maximum absolute atomic E-state index is 12.6. The van der Waals surface area contributed by atoms with Crippen molar-refractivity contribution in [2.24, 2.45) is 5.92 Å². The van der Waals surface area contributed by atoms with E-state index >= 15 is 0 Å². The van der Waals surface area contributed by atoms with Crippen LogP contribution in [0.3, 0.4) is 0 Å². The predicted octanol–water partition coefficient (Wildman–Crippen LogP) is 5.84. The topological polar surface area (TPSA) is 112 Å². The number of carbonyl (C=O) groups is 2. The second-order valence-corrected chi connectivity index (χ2v) is 9.59. The number of nitrogens with one attached hydrogen (secondary N) is 1. The first-order chi connectivity index (χ1) is 17.0.